The molecule has 3 rings (SSSR count). The van der Waals surface area contributed by atoms with Crippen LogP contribution in [0.4, 0.5) is 5.82 Å². The smallest absolute Gasteiger partial charge is 0.277 e. The Balaban J connectivity index is 2.01. The van der Waals surface area contributed by atoms with Gasteiger partial charge >= 0.3 is 0 Å². The van der Waals surface area contributed by atoms with Gasteiger partial charge in [0.2, 0.25) is 0 Å². The Hall–Kier alpha value is -2.96. The van der Waals surface area contributed by atoms with Crippen LogP contribution in [-0.4, -0.2) is 25.9 Å². The van der Waals surface area contributed by atoms with Crippen LogP contribution < -0.4 is 10.9 Å². The molecule has 1 aromatic carbocycles. The lowest BCUT2D eigenvalue weighted by molar-refractivity contribution is 0.102. The summed E-state index contributed by atoms with van der Waals surface area (Å²) in [6.45, 7) is 3.94. The number of amides is 1. The molecule has 2 heterocycles. The van der Waals surface area contributed by atoms with Gasteiger partial charge in [0.1, 0.15) is 5.82 Å². The molecular weight excluding hydrogens is 282 g/mol. The van der Waals surface area contributed by atoms with Crippen molar-refractivity contribution in [3.8, 4) is 0 Å². The quantitative estimate of drug-likeness (QED) is 0.772. The third-order valence-corrected chi connectivity index (χ3v) is 3.31. The minimum atomic E-state index is -0.394. The zero-order chi connectivity index (χ0) is 15.7. The van der Waals surface area contributed by atoms with Gasteiger partial charge in [0.05, 0.1) is 11.6 Å². The first-order chi connectivity index (χ1) is 10.6. The Morgan fingerprint density at radius 2 is 1.95 bits per heavy atom. The number of benzene rings is 1. The third kappa shape index (κ3) is 2.37. The van der Waals surface area contributed by atoms with E-state index < -0.39 is 5.91 Å². The molecule has 0 aliphatic rings. The third-order valence-electron chi connectivity index (χ3n) is 3.31. The fraction of sp³-hybridized carbons (Fsp3) is 0.200. The molecule has 0 aliphatic heterocycles. The van der Waals surface area contributed by atoms with Crippen LogP contribution in [0.15, 0.2) is 41.3 Å². The van der Waals surface area contributed by atoms with E-state index in [0.29, 0.717) is 16.6 Å². The summed E-state index contributed by atoms with van der Waals surface area (Å²) in [6, 6.07) is 8.69. The summed E-state index contributed by atoms with van der Waals surface area (Å²) in [7, 11) is 0. The summed E-state index contributed by atoms with van der Waals surface area (Å²) < 4.78 is 1.70. The number of H-pyrrole nitrogens is 1. The molecule has 0 unspecified atom stereocenters. The van der Waals surface area contributed by atoms with E-state index in [1.54, 1.807) is 41.2 Å². The van der Waals surface area contributed by atoms with E-state index in [4.69, 9.17) is 0 Å². The SMILES string of the molecule is CC(C)n1nccc1NC(=O)c1n[nH]c(=O)c2ccccc12. The molecular formula is C15H15N5O2. The number of aromatic amines is 1. The molecule has 2 N–H and O–H groups in total. The van der Waals surface area contributed by atoms with E-state index in [1.807, 2.05) is 13.8 Å². The Kier molecular flexibility index (Phi) is 3.46. The number of carbonyl (C=O) groups is 1. The van der Waals surface area contributed by atoms with Crippen LogP contribution in [0.25, 0.3) is 10.8 Å². The number of nitrogens with zero attached hydrogens (tertiary/aromatic N) is 3. The van der Waals surface area contributed by atoms with E-state index in [-0.39, 0.29) is 17.3 Å². The summed E-state index contributed by atoms with van der Waals surface area (Å²) in [5, 5.41) is 14.1. The first-order valence-corrected chi connectivity index (χ1v) is 6.90. The second kappa shape index (κ2) is 5.44. The predicted octanol–water partition coefficient (Wildman–Crippen LogP) is 1.95. The second-order valence-corrected chi connectivity index (χ2v) is 5.16. The average Bonchev–Trinajstić information content (AvgIpc) is 2.96. The molecule has 3 aromatic rings. The molecule has 22 heavy (non-hydrogen) atoms. The van der Waals surface area contributed by atoms with Gasteiger partial charge in [-0.15, -0.1) is 0 Å². The highest BCUT2D eigenvalue weighted by Gasteiger charge is 2.16. The molecule has 7 heteroatoms. The van der Waals surface area contributed by atoms with E-state index in [9.17, 15) is 9.59 Å². The van der Waals surface area contributed by atoms with Gasteiger partial charge in [0.15, 0.2) is 5.69 Å². The molecule has 0 saturated carbocycles. The van der Waals surface area contributed by atoms with Crippen LogP contribution in [0.2, 0.25) is 0 Å². The van der Waals surface area contributed by atoms with Crippen LogP contribution in [0.1, 0.15) is 30.4 Å². The van der Waals surface area contributed by atoms with Gasteiger partial charge in [-0.1, -0.05) is 18.2 Å². The molecule has 0 bridgehead atoms. The molecule has 0 atom stereocenters. The molecule has 112 valence electrons. The number of hydrogen-bond donors (Lipinski definition) is 2. The molecule has 0 radical (unpaired) electrons. The van der Waals surface area contributed by atoms with Gasteiger partial charge in [0, 0.05) is 17.5 Å². The monoisotopic (exact) mass is 297 g/mol. The van der Waals surface area contributed by atoms with Gasteiger partial charge in [-0.25, -0.2) is 9.78 Å². The van der Waals surface area contributed by atoms with Crippen molar-refractivity contribution < 1.29 is 4.79 Å². The number of carbonyl (C=O) groups excluding carboxylic acids is 1. The van der Waals surface area contributed by atoms with Crippen molar-refractivity contribution in [2.75, 3.05) is 5.32 Å². The zero-order valence-corrected chi connectivity index (χ0v) is 12.2. The lowest BCUT2D eigenvalue weighted by Gasteiger charge is -2.12. The second-order valence-electron chi connectivity index (χ2n) is 5.16. The van der Waals surface area contributed by atoms with Crippen LogP contribution >= 0.6 is 0 Å². The Labute approximate surface area is 126 Å². The van der Waals surface area contributed by atoms with Crippen molar-refractivity contribution in [2.24, 2.45) is 0 Å². The van der Waals surface area contributed by atoms with Crippen molar-refractivity contribution in [3.63, 3.8) is 0 Å². The van der Waals surface area contributed by atoms with Gasteiger partial charge < -0.3 is 5.32 Å². The maximum atomic E-state index is 12.5. The topological polar surface area (TPSA) is 92.7 Å². The standard InChI is InChI=1S/C15H15N5O2/c1-9(2)20-12(7-8-16-20)17-15(22)13-10-5-3-4-6-11(10)14(21)19-18-13/h3-9H,1-2H3,(H,17,22)(H,19,21). The number of aromatic nitrogens is 4. The van der Waals surface area contributed by atoms with E-state index in [0.717, 1.165) is 0 Å². The van der Waals surface area contributed by atoms with E-state index in [1.165, 1.54) is 0 Å². The van der Waals surface area contributed by atoms with Crippen molar-refractivity contribution in [2.45, 2.75) is 19.9 Å². The number of nitrogens with one attached hydrogen (secondary N) is 2. The van der Waals surface area contributed by atoms with Crippen molar-refractivity contribution in [3.05, 3.63) is 52.6 Å². The normalized spacial score (nSPS) is 11.0. The number of anilines is 1. The summed E-state index contributed by atoms with van der Waals surface area (Å²) in [6.07, 6.45) is 1.62. The minimum absolute atomic E-state index is 0.116. The molecule has 2 aromatic heterocycles. The van der Waals surface area contributed by atoms with Gasteiger partial charge in [-0.2, -0.15) is 10.2 Å². The molecule has 0 aliphatic carbocycles. The van der Waals surface area contributed by atoms with E-state index >= 15 is 0 Å². The van der Waals surface area contributed by atoms with Crippen molar-refractivity contribution in [1.82, 2.24) is 20.0 Å². The number of rotatable bonds is 3. The summed E-state index contributed by atoms with van der Waals surface area (Å²) >= 11 is 0. The average molecular weight is 297 g/mol. The highest BCUT2D eigenvalue weighted by atomic mass is 16.2. The fourth-order valence-corrected chi connectivity index (χ4v) is 2.29. The van der Waals surface area contributed by atoms with Crippen LogP contribution in [0.3, 0.4) is 0 Å². The Morgan fingerprint density at radius 1 is 1.23 bits per heavy atom. The molecule has 0 saturated heterocycles. The zero-order valence-electron chi connectivity index (χ0n) is 12.2. The van der Waals surface area contributed by atoms with E-state index in [2.05, 4.69) is 20.6 Å². The first kappa shape index (κ1) is 14.0. The number of fused-ring (bicyclic) bond motifs is 1. The van der Waals surface area contributed by atoms with Gasteiger partial charge in [-0.3, -0.25) is 9.59 Å². The lowest BCUT2D eigenvalue weighted by atomic mass is 10.1. The van der Waals surface area contributed by atoms with Crippen molar-refractivity contribution in [1.29, 1.82) is 0 Å². The largest absolute Gasteiger partial charge is 0.305 e. The molecule has 0 fully saturated rings. The maximum Gasteiger partial charge on any atom is 0.277 e. The first-order valence-electron chi connectivity index (χ1n) is 6.90. The van der Waals surface area contributed by atoms with Gasteiger partial charge in [-0.05, 0) is 19.9 Å². The van der Waals surface area contributed by atoms with Crippen LogP contribution in [0, 0.1) is 0 Å². The lowest BCUT2D eigenvalue weighted by Crippen LogP contribution is -2.21. The number of hydrogen-bond acceptors (Lipinski definition) is 4. The summed E-state index contributed by atoms with van der Waals surface area (Å²) in [5.74, 6) is 0.187. The highest BCUT2D eigenvalue weighted by Crippen LogP contribution is 2.17. The minimum Gasteiger partial charge on any atom is -0.305 e. The Morgan fingerprint density at radius 3 is 2.68 bits per heavy atom. The van der Waals surface area contributed by atoms with Gasteiger partial charge in [0.25, 0.3) is 11.5 Å². The molecule has 1 amide bonds. The molecule has 7 nitrogen and oxygen atoms in total. The Bertz CT molecular complexity index is 894. The molecule has 0 spiro atoms. The fourth-order valence-electron chi connectivity index (χ4n) is 2.29. The van der Waals surface area contributed by atoms with Crippen LogP contribution in [0.5, 0.6) is 0 Å². The summed E-state index contributed by atoms with van der Waals surface area (Å²) in [4.78, 5) is 24.2. The maximum absolute atomic E-state index is 12.5. The predicted molar refractivity (Wildman–Crippen MR) is 82.9 cm³/mol. The van der Waals surface area contributed by atoms with Crippen molar-refractivity contribution >= 4 is 22.5 Å². The summed E-state index contributed by atoms with van der Waals surface area (Å²) in [5.41, 5.74) is -0.147. The highest BCUT2D eigenvalue weighted by molar-refractivity contribution is 6.10. The van der Waals surface area contributed by atoms with Crippen LogP contribution in [-0.2, 0) is 0 Å².